The maximum atomic E-state index is 12.5. The molecule has 2 aromatic rings. The van der Waals surface area contributed by atoms with Crippen molar-refractivity contribution in [2.45, 2.75) is 77.4 Å². The highest BCUT2D eigenvalue weighted by Crippen LogP contribution is 2.50. The number of amides is 1. The Morgan fingerprint density at radius 2 is 1.88 bits per heavy atom. The summed E-state index contributed by atoms with van der Waals surface area (Å²) in [5.41, 5.74) is 2.67. The smallest absolute Gasteiger partial charge is 0.303 e. The van der Waals surface area contributed by atoms with E-state index in [-0.39, 0.29) is 41.8 Å². The highest BCUT2D eigenvalue weighted by atomic mass is 16.5. The van der Waals surface area contributed by atoms with E-state index in [1.165, 1.54) is 6.26 Å². The maximum absolute atomic E-state index is 12.5. The molecule has 4 atom stereocenters. The van der Waals surface area contributed by atoms with Crippen LogP contribution in [0.1, 0.15) is 79.9 Å². The second-order valence-corrected chi connectivity index (χ2v) is 10.5. The van der Waals surface area contributed by atoms with E-state index in [0.717, 1.165) is 36.8 Å². The van der Waals surface area contributed by atoms with Crippen LogP contribution < -0.4 is 5.32 Å². The summed E-state index contributed by atoms with van der Waals surface area (Å²) < 4.78 is 12.1. The molecule has 2 bridgehead atoms. The number of hydrogen-bond acceptors (Lipinski definition) is 5. The fraction of sp³-hybridized carbons (Fsp3) is 0.577. The molecule has 2 aliphatic rings. The van der Waals surface area contributed by atoms with Gasteiger partial charge in [0.2, 0.25) is 5.89 Å². The number of nitrogens with zero attached hydrogens (tertiary/aromatic N) is 1. The molecule has 3 heterocycles. The number of carboxylic acid groups (broad SMARTS) is 1. The summed E-state index contributed by atoms with van der Waals surface area (Å²) in [5, 5.41) is 12.0. The van der Waals surface area contributed by atoms with E-state index in [0.29, 0.717) is 24.6 Å². The van der Waals surface area contributed by atoms with E-state index in [1.807, 2.05) is 18.2 Å². The highest BCUT2D eigenvalue weighted by molar-refractivity contribution is 5.91. The van der Waals surface area contributed by atoms with Gasteiger partial charge in [-0.3, -0.25) is 9.59 Å². The Labute approximate surface area is 194 Å². The summed E-state index contributed by atoms with van der Waals surface area (Å²) >= 11 is 0. The number of aliphatic carboxylic acids is 1. The normalized spacial score (nSPS) is 24.2. The zero-order valence-electron chi connectivity index (χ0n) is 19.7. The predicted molar refractivity (Wildman–Crippen MR) is 123 cm³/mol. The van der Waals surface area contributed by atoms with Gasteiger partial charge in [0, 0.05) is 18.9 Å². The number of nitrogens with one attached hydrogen (secondary N) is 1. The fourth-order valence-electron chi connectivity index (χ4n) is 5.06. The first-order valence-electron chi connectivity index (χ1n) is 11.9. The number of carboxylic acids is 1. The monoisotopic (exact) mass is 454 g/mol. The Hall–Kier alpha value is -2.67. The molecule has 2 aliphatic heterocycles. The SMILES string of the molecule is CC(C)(C)CCNC(=O)c1coc([C@H]2[C@@H](Cc3ccccc3CCC(=O)O)[C@@H]3CC[C@H]2O3)n1. The molecule has 1 aromatic heterocycles. The third-order valence-electron chi connectivity index (χ3n) is 6.81. The lowest BCUT2D eigenvalue weighted by atomic mass is 9.75. The van der Waals surface area contributed by atoms with E-state index >= 15 is 0 Å². The van der Waals surface area contributed by atoms with Gasteiger partial charge in [0.1, 0.15) is 6.26 Å². The fourth-order valence-corrected chi connectivity index (χ4v) is 5.06. The summed E-state index contributed by atoms with van der Waals surface area (Å²) in [6.45, 7) is 7.02. The van der Waals surface area contributed by atoms with Gasteiger partial charge in [0.15, 0.2) is 5.69 Å². The Balaban J connectivity index is 1.47. The number of carbonyl (C=O) groups excluding carboxylic acids is 1. The molecule has 7 nitrogen and oxygen atoms in total. The van der Waals surface area contributed by atoms with Crippen LogP contribution in [0.3, 0.4) is 0 Å². The van der Waals surface area contributed by atoms with Gasteiger partial charge in [-0.05, 0) is 48.6 Å². The average molecular weight is 455 g/mol. The molecule has 7 heteroatoms. The Morgan fingerprint density at radius 3 is 2.61 bits per heavy atom. The van der Waals surface area contributed by atoms with Crippen LogP contribution in [0.25, 0.3) is 0 Å². The van der Waals surface area contributed by atoms with Gasteiger partial charge >= 0.3 is 5.97 Å². The maximum Gasteiger partial charge on any atom is 0.303 e. The Morgan fingerprint density at radius 1 is 1.15 bits per heavy atom. The van der Waals surface area contributed by atoms with Crippen LogP contribution in [-0.4, -0.2) is 40.7 Å². The largest absolute Gasteiger partial charge is 0.481 e. The molecule has 33 heavy (non-hydrogen) atoms. The zero-order valence-corrected chi connectivity index (χ0v) is 19.7. The van der Waals surface area contributed by atoms with Crippen molar-refractivity contribution in [2.24, 2.45) is 11.3 Å². The Kier molecular flexibility index (Phi) is 6.88. The van der Waals surface area contributed by atoms with Crippen molar-refractivity contribution in [3.8, 4) is 0 Å². The van der Waals surface area contributed by atoms with Gasteiger partial charge in [0.25, 0.3) is 5.91 Å². The first-order valence-corrected chi connectivity index (χ1v) is 11.9. The lowest BCUT2D eigenvalue weighted by Crippen LogP contribution is -2.29. The number of ether oxygens (including phenoxy) is 1. The number of aromatic nitrogens is 1. The van der Waals surface area contributed by atoms with Crippen LogP contribution >= 0.6 is 0 Å². The number of aryl methyl sites for hydroxylation is 1. The minimum Gasteiger partial charge on any atom is -0.481 e. The summed E-state index contributed by atoms with van der Waals surface area (Å²) in [7, 11) is 0. The predicted octanol–water partition coefficient (Wildman–Crippen LogP) is 4.36. The number of carbonyl (C=O) groups is 2. The quantitative estimate of drug-likeness (QED) is 0.584. The number of oxazole rings is 1. The molecule has 178 valence electrons. The minimum absolute atomic E-state index is 0.00703. The molecule has 0 aliphatic carbocycles. The van der Waals surface area contributed by atoms with Crippen LogP contribution in [0.15, 0.2) is 34.9 Å². The molecular weight excluding hydrogens is 420 g/mol. The van der Waals surface area contributed by atoms with Gasteiger partial charge in [0.05, 0.1) is 18.1 Å². The third kappa shape index (κ3) is 5.64. The molecule has 0 saturated carbocycles. The van der Waals surface area contributed by atoms with E-state index < -0.39 is 5.97 Å². The molecule has 2 saturated heterocycles. The van der Waals surface area contributed by atoms with E-state index in [4.69, 9.17) is 14.3 Å². The van der Waals surface area contributed by atoms with Crippen molar-refractivity contribution in [3.05, 3.63) is 53.2 Å². The highest BCUT2D eigenvalue weighted by Gasteiger charge is 2.51. The molecule has 2 fully saturated rings. The number of benzene rings is 1. The first kappa shape index (κ1) is 23.5. The lowest BCUT2D eigenvalue weighted by molar-refractivity contribution is -0.136. The van der Waals surface area contributed by atoms with Crippen molar-refractivity contribution >= 4 is 11.9 Å². The summed E-state index contributed by atoms with van der Waals surface area (Å²) in [6.07, 6.45) is 5.86. The zero-order chi connectivity index (χ0) is 23.6. The number of hydrogen-bond donors (Lipinski definition) is 2. The van der Waals surface area contributed by atoms with Gasteiger partial charge in [-0.15, -0.1) is 0 Å². The van der Waals surface area contributed by atoms with Gasteiger partial charge in [-0.25, -0.2) is 4.98 Å². The van der Waals surface area contributed by atoms with Crippen molar-refractivity contribution in [1.29, 1.82) is 0 Å². The van der Waals surface area contributed by atoms with Crippen molar-refractivity contribution < 1.29 is 23.8 Å². The molecule has 2 N–H and O–H groups in total. The second kappa shape index (κ2) is 9.67. The number of rotatable bonds is 9. The van der Waals surface area contributed by atoms with Gasteiger partial charge < -0.3 is 19.6 Å². The third-order valence-corrected chi connectivity index (χ3v) is 6.81. The van der Waals surface area contributed by atoms with E-state index in [2.05, 4.69) is 37.1 Å². The van der Waals surface area contributed by atoms with Crippen LogP contribution in [0.5, 0.6) is 0 Å². The summed E-state index contributed by atoms with van der Waals surface area (Å²) in [4.78, 5) is 28.2. The van der Waals surface area contributed by atoms with Crippen molar-refractivity contribution in [3.63, 3.8) is 0 Å². The van der Waals surface area contributed by atoms with Crippen LogP contribution in [0.4, 0.5) is 0 Å². The lowest BCUT2D eigenvalue weighted by Gasteiger charge is -2.26. The molecule has 1 amide bonds. The van der Waals surface area contributed by atoms with Crippen molar-refractivity contribution in [2.75, 3.05) is 6.54 Å². The topological polar surface area (TPSA) is 102 Å². The molecule has 0 unspecified atom stereocenters. The first-order chi connectivity index (χ1) is 15.7. The van der Waals surface area contributed by atoms with Gasteiger partial charge in [-0.1, -0.05) is 45.0 Å². The van der Waals surface area contributed by atoms with Crippen LogP contribution in [0, 0.1) is 11.3 Å². The second-order valence-electron chi connectivity index (χ2n) is 10.5. The standard InChI is InChI=1S/C26H34N2O5/c1-26(2,3)12-13-27-24(31)19-15-32-25(28-19)23-18(20-9-10-21(23)33-20)14-17-7-5-4-6-16(17)8-11-22(29)30/h4-7,15,18,20-21,23H,8-14H2,1-3H3,(H,27,31)(H,29,30)/t18-,20-,21+,23-/m0/s1. The summed E-state index contributed by atoms with van der Waals surface area (Å²) in [5.74, 6) is -0.262. The molecule has 1 aromatic carbocycles. The molecular formula is C26H34N2O5. The number of fused-ring (bicyclic) bond motifs is 2. The summed E-state index contributed by atoms with van der Waals surface area (Å²) in [6, 6.07) is 8.03. The van der Waals surface area contributed by atoms with E-state index in [9.17, 15) is 9.59 Å². The van der Waals surface area contributed by atoms with Crippen molar-refractivity contribution in [1.82, 2.24) is 10.3 Å². The molecule has 4 rings (SSSR count). The van der Waals surface area contributed by atoms with Gasteiger partial charge in [-0.2, -0.15) is 0 Å². The average Bonchev–Trinajstić information content (AvgIpc) is 3.48. The van der Waals surface area contributed by atoms with E-state index in [1.54, 1.807) is 0 Å². The minimum atomic E-state index is -0.793. The van der Waals surface area contributed by atoms with Crippen LogP contribution in [-0.2, 0) is 22.4 Å². The Bertz CT molecular complexity index is 993. The van der Waals surface area contributed by atoms with Crippen LogP contribution in [0.2, 0.25) is 0 Å². The molecule has 0 spiro atoms. The molecule has 0 radical (unpaired) electrons.